The zero-order valence-corrected chi connectivity index (χ0v) is 20.7. The minimum atomic E-state index is 0.0185. The van der Waals surface area contributed by atoms with Gasteiger partial charge in [0.1, 0.15) is 17.4 Å². The number of thiazole rings is 1. The molecule has 0 bridgehead atoms. The minimum absolute atomic E-state index is 0.0185. The van der Waals surface area contributed by atoms with Crippen LogP contribution in [0.15, 0.2) is 54.0 Å². The Labute approximate surface area is 203 Å². The number of fused-ring (bicyclic) bond motifs is 1. The van der Waals surface area contributed by atoms with E-state index in [0.29, 0.717) is 25.3 Å². The fourth-order valence-corrected chi connectivity index (χ4v) is 4.34. The summed E-state index contributed by atoms with van der Waals surface area (Å²) < 4.78 is 7.01. The molecule has 0 spiro atoms. The van der Waals surface area contributed by atoms with Crippen LogP contribution in [0.3, 0.4) is 0 Å². The van der Waals surface area contributed by atoms with Crippen LogP contribution in [0, 0.1) is 6.92 Å². The van der Waals surface area contributed by atoms with Crippen molar-refractivity contribution in [3.05, 3.63) is 65.4 Å². The van der Waals surface area contributed by atoms with Crippen LogP contribution in [0.2, 0.25) is 0 Å². The van der Waals surface area contributed by atoms with E-state index in [0.717, 1.165) is 38.6 Å². The van der Waals surface area contributed by atoms with Gasteiger partial charge < -0.3 is 15.0 Å². The molecule has 0 aliphatic rings. The Kier molecular flexibility index (Phi) is 7.37. The van der Waals surface area contributed by atoms with Crippen molar-refractivity contribution in [2.75, 3.05) is 26.0 Å². The Hall–Kier alpha value is -3.52. The van der Waals surface area contributed by atoms with Crippen LogP contribution in [0.5, 0.6) is 5.75 Å². The number of benzene rings is 2. The molecule has 1 atom stereocenters. The summed E-state index contributed by atoms with van der Waals surface area (Å²) in [4.78, 5) is 26.9. The molecule has 4 aromatic rings. The van der Waals surface area contributed by atoms with Gasteiger partial charge in [0.2, 0.25) is 5.91 Å². The number of nitrogens with one attached hydrogen (secondary N) is 1. The van der Waals surface area contributed by atoms with Crippen molar-refractivity contribution >= 4 is 33.3 Å². The van der Waals surface area contributed by atoms with Crippen molar-refractivity contribution in [2.24, 2.45) is 0 Å². The lowest BCUT2D eigenvalue weighted by Gasteiger charge is -2.17. The van der Waals surface area contributed by atoms with Crippen LogP contribution in [-0.4, -0.2) is 46.5 Å². The first-order valence-electron chi connectivity index (χ1n) is 11.3. The van der Waals surface area contributed by atoms with Crippen molar-refractivity contribution in [2.45, 2.75) is 32.7 Å². The monoisotopic (exact) mass is 475 g/mol. The molecule has 1 N–H and O–H groups in total. The number of hydrogen-bond acceptors (Lipinski definition) is 7. The van der Waals surface area contributed by atoms with E-state index in [4.69, 9.17) is 4.74 Å². The van der Waals surface area contributed by atoms with Gasteiger partial charge in [-0.25, -0.2) is 15.0 Å². The summed E-state index contributed by atoms with van der Waals surface area (Å²) in [5.74, 6) is 2.39. The third-order valence-corrected chi connectivity index (χ3v) is 6.28. The molecule has 4 rings (SSSR count). The Morgan fingerprint density at radius 3 is 2.82 bits per heavy atom. The van der Waals surface area contributed by atoms with Crippen LogP contribution >= 0.6 is 11.3 Å². The highest BCUT2D eigenvalue weighted by Crippen LogP contribution is 2.28. The molecule has 7 nitrogen and oxygen atoms in total. The summed E-state index contributed by atoms with van der Waals surface area (Å²) in [6.45, 7) is 4.50. The number of anilines is 1. The van der Waals surface area contributed by atoms with Gasteiger partial charge in [-0.2, -0.15) is 0 Å². The van der Waals surface area contributed by atoms with Gasteiger partial charge in [-0.05, 0) is 50.1 Å². The van der Waals surface area contributed by atoms with Crippen LogP contribution in [0.25, 0.3) is 21.5 Å². The highest BCUT2D eigenvalue weighted by atomic mass is 32.1. The molecule has 0 aliphatic heterocycles. The number of carbonyl (C=O) groups is 1. The molecular formula is C26H29N5O2S. The molecular weight excluding hydrogens is 446 g/mol. The molecule has 2 aromatic heterocycles. The van der Waals surface area contributed by atoms with Crippen LogP contribution in [-0.2, 0) is 4.79 Å². The molecule has 34 heavy (non-hydrogen) atoms. The second kappa shape index (κ2) is 10.6. The number of aryl methyl sites for hydroxylation is 1. The van der Waals surface area contributed by atoms with Crippen LogP contribution in [0.1, 0.15) is 37.2 Å². The van der Waals surface area contributed by atoms with Crippen molar-refractivity contribution < 1.29 is 9.53 Å². The molecule has 1 amide bonds. The number of rotatable bonds is 9. The van der Waals surface area contributed by atoms with Crippen LogP contribution < -0.4 is 10.1 Å². The quantitative estimate of drug-likeness (QED) is 0.323. The van der Waals surface area contributed by atoms with Crippen LogP contribution in [0.4, 0.5) is 5.82 Å². The fourth-order valence-electron chi connectivity index (χ4n) is 3.62. The van der Waals surface area contributed by atoms with Gasteiger partial charge >= 0.3 is 0 Å². The molecule has 2 heterocycles. The van der Waals surface area contributed by atoms with E-state index >= 15 is 0 Å². The minimum Gasteiger partial charge on any atom is -0.494 e. The maximum Gasteiger partial charge on any atom is 0.222 e. The Morgan fingerprint density at radius 1 is 1.15 bits per heavy atom. The second-order valence-electron chi connectivity index (χ2n) is 8.40. The predicted octanol–water partition coefficient (Wildman–Crippen LogP) is 5.48. The number of hydrogen-bond donors (Lipinski definition) is 1. The van der Waals surface area contributed by atoms with Gasteiger partial charge in [0, 0.05) is 32.1 Å². The van der Waals surface area contributed by atoms with Crippen molar-refractivity contribution in [3.8, 4) is 17.0 Å². The molecule has 8 heteroatoms. The molecule has 0 fully saturated rings. The Balaban J connectivity index is 1.43. The zero-order chi connectivity index (χ0) is 24.1. The number of nitrogens with zero attached hydrogens (tertiary/aromatic N) is 4. The second-order valence-corrected chi connectivity index (χ2v) is 9.29. The molecule has 0 saturated heterocycles. The summed E-state index contributed by atoms with van der Waals surface area (Å²) in [5.41, 5.74) is 5.86. The molecule has 0 saturated carbocycles. The summed E-state index contributed by atoms with van der Waals surface area (Å²) >= 11 is 1.62. The number of aromatic nitrogens is 3. The van der Waals surface area contributed by atoms with Gasteiger partial charge in [0.15, 0.2) is 0 Å². The van der Waals surface area contributed by atoms with Crippen molar-refractivity contribution in [3.63, 3.8) is 0 Å². The largest absolute Gasteiger partial charge is 0.494 e. The Morgan fingerprint density at radius 2 is 2.00 bits per heavy atom. The lowest BCUT2D eigenvalue weighted by molar-refractivity contribution is -0.128. The van der Waals surface area contributed by atoms with Gasteiger partial charge in [-0.15, -0.1) is 11.3 Å². The highest BCUT2D eigenvalue weighted by Gasteiger charge is 2.11. The third kappa shape index (κ3) is 5.88. The number of carbonyl (C=O) groups excluding carboxylic acids is 1. The van der Waals surface area contributed by atoms with Crippen molar-refractivity contribution in [1.29, 1.82) is 0 Å². The van der Waals surface area contributed by atoms with Gasteiger partial charge in [0.05, 0.1) is 34.1 Å². The molecule has 176 valence electrons. The van der Waals surface area contributed by atoms with E-state index in [-0.39, 0.29) is 11.9 Å². The molecule has 2 aromatic carbocycles. The SMILES string of the molecule is Cc1nc(NC(C)c2cccc(OCCCC(=O)N(C)C)c2)cc(-c2ccc3ncsc3c2)n1. The van der Waals surface area contributed by atoms with E-state index in [2.05, 4.69) is 39.3 Å². The normalized spacial score (nSPS) is 11.9. The van der Waals surface area contributed by atoms with E-state index in [9.17, 15) is 4.79 Å². The third-order valence-electron chi connectivity index (χ3n) is 5.49. The first-order valence-corrected chi connectivity index (χ1v) is 12.2. The summed E-state index contributed by atoms with van der Waals surface area (Å²) in [5, 5.41) is 3.50. The summed E-state index contributed by atoms with van der Waals surface area (Å²) in [6, 6.07) is 16.2. The first kappa shape index (κ1) is 23.6. The average Bonchev–Trinajstić information content (AvgIpc) is 3.29. The number of ether oxygens (including phenoxy) is 1. The van der Waals surface area contributed by atoms with E-state index in [1.54, 1.807) is 30.3 Å². The maximum atomic E-state index is 11.7. The van der Waals surface area contributed by atoms with Crippen molar-refractivity contribution in [1.82, 2.24) is 19.9 Å². The number of amides is 1. The summed E-state index contributed by atoms with van der Waals surface area (Å²) in [7, 11) is 3.53. The average molecular weight is 476 g/mol. The Bertz CT molecular complexity index is 1290. The van der Waals surface area contributed by atoms with E-state index in [1.165, 1.54) is 0 Å². The van der Waals surface area contributed by atoms with E-state index in [1.807, 2.05) is 48.8 Å². The first-order chi connectivity index (χ1) is 16.4. The van der Waals surface area contributed by atoms with Gasteiger partial charge in [0.25, 0.3) is 0 Å². The zero-order valence-electron chi connectivity index (χ0n) is 19.9. The summed E-state index contributed by atoms with van der Waals surface area (Å²) in [6.07, 6.45) is 1.17. The molecule has 0 aliphatic carbocycles. The van der Waals surface area contributed by atoms with Gasteiger partial charge in [-0.3, -0.25) is 4.79 Å². The van der Waals surface area contributed by atoms with E-state index < -0.39 is 0 Å². The molecule has 1 unspecified atom stereocenters. The van der Waals surface area contributed by atoms with Gasteiger partial charge in [-0.1, -0.05) is 18.2 Å². The fraction of sp³-hybridized carbons (Fsp3) is 0.308. The highest BCUT2D eigenvalue weighted by molar-refractivity contribution is 7.16. The lowest BCUT2D eigenvalue weighted by atomic mass is 10.1. The lowest BCUT2D eigenvalue weighted by Crippen LogP contribution is -2.21. The standard InChI is InChI=1S/C26H29N5O2S/c1-17(19-7-5-8-21(13-19)33-12-6-9-26(32)31(3)4)28-25-15-23(29-18(2)30-25)20-10-11-22-24(14-20)34-16-27-22/h5,7-8,10-11,13-17H,6,9,12H2,1-4H3,(H,28,29,30). The molecule has 0 radical (unpaired) electrons. The maximum absolute atomic E-state index is 11.7. The smallest absolute Gasteiger partial charge is 0.222 e. The topological polar surface area (TPSA) is 80.2 Å². The predicted molar refractivity (Wildman–Crippen MR) is 137 cm³/mol.